The van der Waals surface area contributed by atoms with Gasteiger partial charge < -0.3 is 9.80 Å². The van der Waals surface area contributed by atoms with Crippen LogP contribution in [0.4, 0.5) is 34.1 Å². The fourth-order valence-corrected chi connectivity index (χ4v) is 9.80. The molecule has 0 spiro atoms. The van der Waals surface area contributed by atoms with Crippen LogP contribution >= 0.6 is 0 Å². The van der Waals surface area contributed by atoms with Crippen molar-refractivity contribution in [2.24, 2.45) is 0 Å². The third-order valence-electron chi connectivity index (χ3n) is 13.0. The van der Waals surface area contributed by atoms with Crippen LogP contribution in [0.2, 0.25) is 0 Å². The molecule has 8 aromatic rings. The average Bonchev–Trinajstić information content (AvgIpc) is 3.26. The highest BCUT2D eigenvalue weighted by molar-refractivity contribution is 7.00. The summed E-state index contributed by atoms with van der Waals surface area (Å²) in [6.07, 6.45) is 0. The van der Waals surface area contributed by atoms with Crippen LogP contribution in [0.3, 0.4) is 0 Å². The molecule has 0 amide bonds. The number of fused-ring (bicyclic) bond motifs is 4. The van der Waals surface area contributed by atoms with Crippen LogP contribution in [0, 0.1) is 13.8 Å². The minimum atomic E-state index is -0.0210. The molecule has 0 unspecified atom stereocenters. The first-order valence-corrected chi connectivity index (χ1v) is 21.8. The number of aryl methyl sites for hydroxylation is 2. The predicted octanol–water partition coefficient (Wildman–Crippen LogP) is 14.0. The van der Waals surface area contributed by atoms with Gasteiger partial charge in [0.05, 0.1) is 0 Å². The van der Waals surface area contributed by atoms with E-state index in [0.29, 0.717) is 0 Å². The smallest absolute Gasteiger partial charge is 0.252 e. The molecule has 0 bridgehead atoms. The van der Waals surface area contributed by atoms with E-state index < -0.39 is 0 Å². The van der Waals surface area contributed by atoms with E-state index in [4.69, 9.17) is 0 Å². The van der Waals surface area contributed by atoms with Crippen molar-refractivity contribution >= 4 is 57.2 Å². The van der Waals surface area contributed by atoms with Crippen molar-refractivity contribution in [3.05, 3.63) is 198 Å². The van der Waals surface area contributed by atoms with Gasteiger partial charge in [-0.05, 0) is 145 Å². The van der Waals surface area contributed by atoms with Crippen LogP contribution in [0.25, 0.3) is 33.4 Å². The summed E-state index contributed by atoms with van der Waals surface area (Å²) in [5.41, 5.74) is 23.7. The molecule has 0 N–H and O–H groups in total. The van der Waals surface area contributed by atoms with Gasteiger partial charge in [0.15, 0.2) is 0 Å². The topological polar surface area (TPSA) is 6.48 Å². The maximum absolute atomic E-state index is 2.58. The van der Waals surface area contributed by atoms with Gasteiger partial charge in [-0.3, -0.25) is 0 Å². The number of rotatable bonds is 5. The molecule has 10 rings (SSSR count). The van der Waals surface area contributed by atoms with Crippen LogP contribution in [-0.4, -0.2) is 6.71 Å². The number of hydrogen-bond donors (Lipinski definition) is 0. The van der Waals surface area contributed by atoms with Gasteiger partial charge in [0, 0.05) is 34.1 Å². The van der Waals surface area contributed by atoms with Gasteiger partial charge >= 0.3 is 0 Å². The number of benzene rings is 8. The fraction of sp³-hybridized carbons (Fsp3) is 0.172. The second-order valence-corrected chi connectivity index (χ2v) is 19.2. The Labute approximate surface area is 363 Å². The second-order valence-electron chi connectivity index (χ2n) is 19.2. The first-order valence-electron chi connectivity index (χ1n) is 21.8. The monoisotopic (exact) mass is 788 g/mol. The molecule has 8 aromatic carbocycles. The largest absolute Gasteiger partial charge is 0.311 e. The highest BCUT2D eigenvalue weighted by Crippen LogP contribution is 2.48. The molecule has 0 fully saturated rings. The summed E-state index contributed by atoms with van der Waals surface area (Å²) in [6, 6.07) is 66.3. The number of nitrogens with zero attached hydrogens (tertiary/aromatic N) is 2. The van der Waals surface area contributed by atoms with Crippen molar-refractivity contribution in [3.8, 4) is 33.4 Å². The van der Waals surface area contributed by atoms with Gasteiger partial charge in [0.2, 0.25) is 0 Å². The maximum atomic E-state index is 2.58. The van der Waals surface area contributed by atoms with Crippen molar-refractivity contribution < 1.29 is 0 Å². The molecule has 61 heavy (non-hydrogen) atoms. The van der Waals surface area contributed by atoms with Crippen molar-refractivity contribution in [2.45, 2.75) is 66.2 Å². The van der Waals surface area contributed by atoms with Crippen molar-refractivity contribution in [2.75, 3.05) is 9.80 Å². The summed E-state index contributed by atoms with van der Waals surface area (Å²) in [5.74, 6) is 0. The zero-order valence-corrected chi connectivity index (χ0v) is 36.7. The lowest BCUT2D eigenvalue weighted by molar-refractivity contribution is 0.590. The Morgan fingerprint density at radius 2 is 0.770 bits per heavy atom. The van der Waals surface area contributed by atoms with E-state index in [-0.39, 0.29) is 17.5 Å². The molecule has 3 heteroatoms. The molecule has 2 heterocycles. The normalized spacial score (nSPS) is 13.1. The summed E-state index contributed by atoms with van der Waals surface area (Å²) in [7, 11) is 0. The molecular formula is C58H53BN2. The Kier molecular flexibility index (Phi) is 9.22. The maximum Gasteiger partial charge on any atom is 0.252 e. The van der Waals surface area contributed by atoms with Crippen LogP contribution in [0.5, 0.6) is 0 Å². The number of hydrogen-bond acceptors (Lipinski definition) is 2. The second kappa shape index (κ2) is 14.6. The molecule has 0 atom stereocenters. The van der Waals surface area contributed by atoms with Gasteiger partial charge in [-0.25, -0.2) is 0 Å². The summed E-state index contributed by atoms with van der Waals surface area (Å²) >= 11 is 0. The van der Waals surface area contributed by atoms with Gasteiger partial charge in [-0.1, -0.05) is 169 Å². The Balaban J connectivity index is 1.35. The van der Waals surface area contributed by atoms with Crippen molar-refractivity contribution in [1.82, 2.24) is 0 Å². The lowest BCUT2D eigenvalue weighted by atomic mass is 9.33. The van der Waals surface area contributed by atoms with Crippen molar-refractivity contribution in [3.63, 3.8) is 0 Å². The van der Waals surface area contributed by atoms with Gasteiger partial charge in [-0.2, -0.15) is 0 Å². The zero-order valence-electron chi connectivity index (χ0n) is 36.7. The van der Waals surface area contributed by atoms with E-state index >= 15 is 0 Å². The first kappa shape index (κ1) is 38.6. The summed E-state index contributed by atoms with van der Waals surface area (Å²) in [6.45, 7) is 18.4. The molecule has 298 valence electrons. The summed E-state index contributed by atoms with van der Waals surface area (Å²) in [5, 5.41) is 0. The summed E-state index contributed by atoms with van der Waals surface area (Å²) < 4.78 is 0. The molecule has 0 aromatic heterocycles. The Hall–Kier alpha value is -6.58. The molecule has 2 nitrogen and oxygen atoms in total. The van der Waals surface area contributed by atoms with E-state index in [2.05, 4.69) is 241 Å². The molecule has 2 aliphatic heterocycles. The Morgan fingerprint density at radius 1 is 0.361 bits per heavy atom. The van der Waals surface area contributed by atoms with E-state index in [1.807, 2.05) is 0 Å². The molecule has 0 saturated carbocycles. The van der Waals surface area contributed by atoms with Gasteiger partial charge in [0.1, 0.15) is 0 Å². The third kappa shape index (κ3) is 6.68. The standard InChI is InChI=1S/C58H53BN2/c1-38-18-15-19-39(2)55(38)44-34-53-56-54(35-44)61(48-27-17-25-46(37-48)58(6,7)8)52-33-43(41-22-13-10-14-23-41)29-31-50(52)59(56)49-30-28-42(40-20-11-9-12-21-40)32-51(49)60(53)47-26-16-24-45(36-47)57(3,4)5/h9-37H,1-8H3. The minimum Gasteiger partial charge on any atom is -0.311 e. The zero-order chi connectivity index (χ0) is 42.2. The minimum absolute atomic E-state index is 0.000705. The Bertz CT molecular complexity index is 2770. The predicted molar refractivity (Wildman–Crippen MR) is 264 cm³/mol. The molecule has 2 aliphatic rings. The highest BCUT2D eigenvalue weighted by Gasteiger charge is 2.44. The average molecular weight is 789 g/mol. The lowest BCUT2D eigenvalue weighted by Gasteiger charge is -2.45. The molecular weight excluding hydrogens is 735 g/mol. The molecule has 0 aliphatic carbocycles. The molecule has 0 saturated heterocycles. The number of anilines is 6. The SMILES string of the molecule is Cc1cccc(C)c1-c1cc2c3c(c1)N(c1cccc(C(C)(C)C)c1)c1cc(-c4ccccc4)ccc1B3c1ccc(-c3ccccc3)cc1N2c1cccc(C(C)(C)C)c1. The van der Waals surface area contributed by atoms with Crippen LogP contribution in [0.15, 0.2) is 176 Å². The summed E-state index contributed by atoms with van der Waals surface area (Å²) in [4.78, 5) is 5.16. The van der Waals surface area contributed by atoms with Crippen LogP contribution in [0.1, 0.15) is 63.8 Å². The van der Waals surface area contributed by atoms with E-state index in [0.717, 1.165) is 0 Å². The quantitative estimate of drug-likeness (QED) is 0.160. The van der Waals surface area contributed by atoms with Crippen LogP contribution in [-0.2, 0) is 10.8 Å². The Morgan fingerprint density at radius 3 is 1.20 bits per heavy atom. The van der Waals surface area contributed by atoms with E-state index in [1.165, 1.54) is 106 Å². The van der Waals surface area contributed by atoms with E-state index in [9.17, 15) is 0 Å². The van der Waals surface area contributed by atoms with Crippen LogP contribution < -0.4 is 26.2 Å². The lowest BCUT2D eigenvalue weighted by Crippen LogP contribution is -2.61. The van der Waals surface area contributed by atoms with Gasteiger partial charge in [-0.15, -0.1) is 0 Å². The third-order valence-corrected chi connectivity index (χ3v) is 13.0. The molecule has 0 radical (unpaired) electrons. The van der Waals surface area contributed by atoms with Gasteiger partial charge in [0.25, 0.3) is 6.71 Å². The first-order chi connectivity index (χ1) is 29.3. The fourth-order valence-electron chi connectivity index (χ4n) is 9.80. The van der Waals surface area contributed by atoms with Crippen molar-refractivity contribution in [1.29, 1.82) is 0 Å². The van der Waals surface area contributed by atoms with E-state index in [1.54, 1.807) is 0 Å². The highest BCUT2D eigenvalue weighted by atomic mass is 15.2.